The van der Waals surface area contributed by atoms with Crippen LogP contribution in [0, 0.1) is 5.82 Å². The highest BCUT2D eigenvalue weighted by Gasteiger charge is 2.24. The van der Waals surface area contributed by atoms with Crippen molar-refractivity contribution < 1.29 is 23.1 Å². The van der Waals surface area contributed by atoms with Gasteiger partial charge in [-0.25, -0.2) is 4.39 Å². The fourth-order valence-electron chi connectivity index (χ4n) is 2.87. The molecule has 0 atom stereocenters. The smallest absolute Gasteiger partial charge is 0.255 e. The normalized spacial score (nSPS) is 11.0. The third kappa shape index (κ3) is 3.74. The average molecular weight is 371 g/mol. The van der Waals surface area contributed by atoms with Crippen molar-refractivity contribution >= 4 is 16.9 Å². The molecule has 0 radical (unpaired) electrons. The van der Waals surface area contributed by atoms with Crippen molar-refractivity contribution in [2.75, 3.05) is 13.7 Å². The van der Waals surface area contributed by atoms with Gasteiger partial charge >= 0.3 is 0 Å². The molecule has 1 amide bonds. The van der Waals surface area contributed by atoms with Crippen LogP contribution in [-0.2, 0) is 0 Å². The second-order valence-corrected chi connectivity index (χ2v) is 6.29. The van der Waals surface area contributed by atoms with Crippen molar-refractivity contribution in [1.29, 1.82) is 0 Å². The summed E-state index contributed by atoms with van der Waals surface area (Å²) in [6.45, 7) is 6.18. The molecule has 1 heterocycles. The Kier molecular flexibility index (Phi) is 5.35. The van der Waals surface area contributed by atoms with E-state index in [0.29, 0.717) is 46.0 Å². The molecule has 142 valence electrons. The van der Waals surface area contributed by atoms with Gasteiger partial charge in [0, 0.05) is 24.1 Å². The fraction of sp³-hybridized carbons (Fsp3) is 0.286. The molecule has 0 bridgehead atoms. The molecule has 3 rings (SSSR count). The zero-order valence-corrected chi connectivity index (χ0v) is 15.8. The first kappa shape index (κ1) is 18.8. The van der Waals surface area contributed by atoms with Crippen LogP contribution >= 0.6 is 0 Å². The van der Waals surface area contributed by atoms with E-state index in [1.807, 2.05) is 20.8 Å². The summed E-state index contributed by atoms with van der Waals surface area (Å²) in [4.78, 5) is 12.6. The number of rotatable bonds is 6. The molecule has 5 nitrogen and oxygen atoms in total. The molecule has 0 fully saturated rings. The van der Waals surface area contributed by atoms with Crippen LogP contribution in [0.4, 0.5) is 4.39 Å². The van der Waals surface area contributed by atoms with Gasteiger partial charge in [-0.1, -0.05) is 0 Å². The molecule has 0 aliphatic carbocycles. The minimum Gasteiger partial charge on any atom is -0.490 e. The lowest BCUT2D eigenvalue weighted by atomic mass is 10.0. The van der Waals surface area contributed by atoms with Gasteiger partial charge in [-0.2, -0.15) is 0 Å². The lowest BCUT2D eigenvalue weighted by Crippen LogP contribution is -2.18. The van der Waals surface area contributed by atoms with Crippen molar-refractivity contribution in [3.63, 3.8) is 0 Å². The molecule has 0 aliphatic rings. The van der Waals surface area contributed by atoms with Gasteiger partial charge in [-0.15, -0.1) is 0 Å². The molecule has 1 aromatic heterocycles. The fourth-order valence-corrected chi connectivity index (χ4v) is 2.87. The molecular weight excluding hydrogens is 349 g/mol. The molecule has 0 unspecified atom stereocenters. The molecule has 0 saturated heterocycles. The Morgan fingerprint density at radius 3 is 2.48 bits per heavy atom. The lowest BCUT2D eigenvalue weighted by molar-refractivity contribution is 0.0964. The maximum atomic E-state index is 13.3. The third-order valence-electron chi connectivity index (χ3n) is 3.98. The number of nitrogens with one attached hydrogen (secondary N) is 1. The molecule has 27 heavy (non-hydrogen) atoms. The van der Waals surface area contributed by atoms with Gasteiger partial charge in [0.25, 0.3) is 5.91 Å². The monoisotopic (exact) mass is 371 g/mol. The van der Waals surface area contributed by atoms with Crippen LogP contribution < -0.4 is 14.8 Å². The molecule has 2 aromatic carbocycles. The zero-order valence-electron chi connectivity index (χ0n) is 15.8. The zero-order chi connectivity index (χ0) is 19.6. The van der Waals surface area contributed by atoms with Crippen LogP contribution in [0.25, 0.3) is 22.3 Å². The van der Waals surface area contributed by atoms with E-state index in [2.05, 4.69) is 5.32 Å². The minimum atomic E-state index is -0.359. The van der Waals surface area contributed by atoms with Gasteiger partial charge in [0.15, 0.2) is 11.5 Å². The summed E-state index contributed by atoms with van der Waals surface area (Å²) in [7, 11) is 1.55. The largest absolute Gasteiger partial charge is 0.490 e. The van der Waals surface area contributed by atoms with Crippen LogP contribution in [0.3, 0.4) is 0 Å². The Balaban J connectivity index is 2.26. The Labute approximate surface area is 157 Å². The molecule has 3 aromatic rings. The van der Waals surface area contributed by atoms with Gasteiger partial charge in [0.1, 0.15) is 17.2 Å². The first-order valence-corrected chi connectivity index (χ1v) is 8.82. The second-order valence-electron chi connectivity index (χ2n) is 6.29. The number of hydrogen-bond donors (Lipinski definition) is 1. The summed E-state index contributed by atoms with van der Waals surface area (Å²) in [5.41, 5.74) is 1.47. The van der Waals surface area contributed by atoms with E-state index in [0.717, 1.165) is 0 Å². The number of fused-ring (bicyclic) bond motifs is 1. The summed E-state index contributed by atoms with van der Waals surface area (Å²) >= 11 is 0. The van der Waals surface area contributed by atoms with Gasteiger partial charge in [-0.3, -0.25) is 4.79 Å². The van der Waals surface area contributed by atoms with Crippen LogP contribution in [0.5, 0.6) is 11.5 Å². The summed E-state index contributed by atoms with van der Waals surface area (Å²) in [5, 5.41) is 3.24. The average Bonchev–Trinajstić information content (AvgIpc) is 3.00. The van der Waals surface area contributed by atoms with Crippen molar-refractivity contribution in [2.24, 2.45) is 0 Å². The highest BCUT2D eigenvalue weighted by atomic mass is 19.1. The number of carbonyl (C=O) groups excluding carboxylic acids is 1. The lowest BCUT2D eigenvalue weighted by Gasteiger charge is -2.14. The topological polar surface area (TPSA) is 60.7 Å². The Bertz CT molecular complexity index is 960. The SMILES string of the molecule is CCOc1cc2oc(-c3ccc(F)cc3)c(C(=O)NC)c2cc1OC(C)C. The van der Waals surface area contributed by atoms with Crippen molar-refractivity contribution in [3.8, 4) is 22.8 Å². The highest BCUT2D eigenvalue weighted by molar-refractivity contribution is 6.11. The van der Waals surface area contributed by atoms with Crippen LogP contribution in [-0.4, -0.2) is 25.7 Å². The third-order valence-corrected chi connectivity index (χ3v) is 3.98. The van der Waals surface area contributed by atoms with Crippen molar-refractivity contribution in [2.45, 2.75) is 26.9 Å². The number of amides is 1. The first-order chi connectivity index (χ1) is 12.9. The summed E-state index contributed by atoms with van der Waals surface area (Å²) < 4.78 is 30.8. The predicted octanol–water partition coefficient (Wildman–Crippen LogP) is 4.78. The van der Waals surface area contributed by atoms with Gasteiger partial charge in [-0.05, 0) is 51.1 Å². The summed E-state index contributed by atoms with van der Waals surface area (Å²) in [6.07, 6.45) is -0.0615. The van der Waals surface area contributed by atoms with Gasteiger partial charge in [0.2, 0.25) is 0 Å². The van der Waals surface area contributed by atoms with Gasteiger partial charge in [0.05, 0.1) is 18.3 Å². The Morgan fingerprint density at radius 1 is 1.19 bits per heavy atom. The van der Waals surface area contributed by atoms with Crippen LogP contribution in [0.15, 0.2) is 40.8 Å². The molecular formula is C21H22FNO4. The maximum Gasteiger partial charge on any atom is 0.255 e. The van der Waals surface area contributed by atoms with Crippen LogP contribution in [0.2, 0.25) is 0 Å². The molecule has 0 spiro atoms. The number of ether oxygens (including phenoxy) is 2. The standard InChI is InChI=1S/C21H22FNO4/c1-5-25-17-11-16-15(10-18(17)26-12(2)3)19(21(24)23-4)20(27-16)13-6-8-14(22)9-7-13/h6-12H,5H2,1-4H3,(H,23,24). The van der Waals surface area contributed by atoms with Crippen LogP contribution in [0.1, 0.15) is 31.1 Å². The van der Waals surface area contributed by atoms with E-state index in [9.17, 15) is 9.18 Å². The van der Waals surface area contributed by atoms with Crippen molar-refractivity contribution in [1.82, 2.24) is 5.32 Å². The number of benzene rings is 2. The van der Waals surface area contributed by atoms with E-state index in [1.54, 1.807) is 31.3 Å². The first-order valence-electron chi connectivity index (χ1n) is 8.82. The van der Waals surface area contributed by atoms with E-state index in [-0.39, 0.29) is 17.8 Å². The molecule has 0 aliphatic heterocycles. The van der Waals surface area contributed by atoms with Gasteiger partial charge < -0.3 is 19.2 Å². The summed E-state index contributed by atoms with van der Waals surface area (Å²) in [6, 6.07) is 9.28. The quantitative estimate of drug-likeness (QED) is 0.677. The summed E-state index contributed by atoms with van der Waals surface area (Å²) in [5.74, 6) is 0.793. The molecule has 1 N–H and O–H groups in total. The Hall–Kier alpha value is -3.02. The van der Waals surface area contributed by atoms with Crippen molar-refractivity contribution in [3.05, 3.63) is 47.8 Å². The number of halogens is 1. The number of carbonyl (C=O) groups is 1. The van der Waals surface area contributed by atoms with E-state index < -0.39 is 0 Å². The predicted molar refractivity (Wildman–Crippen MR) is 102 cm³/mol. The second kappa shape index (κ2) is 7.70. The number of hydrogen-bond acceptors (Lipinski definition) is 4. The Morgan fingerprint density at radius 2 is 1.89 bits per heavy atom. The molecule has 0 saturated carbocycles. The highest BCUT2D eigenvalue weighted by Crippen LogP contribution is 2.40. The van der Waals surface area contributed by atoms with E-state index >= 15 is 0 Å². The minimum absolute atomic E-state index is 0.0615. The number of furan rings is 1. The molecule has 6 heteroatoms. The van der Waals surface area contributed by atoms with E-state index in [1.165, 1.54) is 12.1 Å². The maximum absolute atomic E-state index is 13.3. The van der Waals surface area contributed by atoms with E-state index in [4.69, 9.17) is 13.9 Å².